The number of benzene rings is 3. The molecule has 10 heteroatoms. The molecule has 2 N–H and O–H groups in total. The van der Waals surface area contributed by atoms with E-state index in [2.05, 4.69) is 10.6 Å². The summed E-state index contributed by atoms with van der Waals surface area (Å²) >= 11 is 5.97. The Morgan fingerprint density at radius 2 is 1.62 bits per heavy atom. The molecule has 0 radical (unpaired) electrons. The second kappa shape index (κ2) is 10.1. The van der Waals surface area contributed by atoms with E-state index in [0.717, 1.165) is 17.7 Å². The maximum atomic E-state index is 13.2. The van der Waals surface area contributed by atoms with Crippen molar-refractivity contribution in [1.82, 2.24) is 5.32 Å². The Bertz CT molecular complexity index is 1240. The quantitative estimate of drug-likeness (QED) is 0.476. The molecule has 0 saturated carbocycles. The SMILES string of the molecule is O=C(NC(Cc1ccccc1)C(=O)Nc1ccc(S(=O)(=O)Cl)c(Cl)c1)c1ccc(F)cc1. The van der Waals surface area contributed by atoms with Crippen LogP contribution in [-0.4, -0.2) is 26.3 Å². The van der Waals surface area contributed by atoms with Crippen LogP contribution in [0.3, 0.4) is 0 Å². The Labute approximate surface area is 193 Å². The van der Waals surface area contributed by atoms with Gasteiger partial charge in [-0.2, -0.15) is 0 Å². The van der Waals surface area contributed by atoms with Crippen molar-refractivity contribution in [2.45, 2.75) is 17.4 Å². The molecule has 0 fully saturated rings. The van der Waals surface area contributed by atoms with Crippen LogP contribution in [0.5, 0.6) is 0 Å². The van der Waals surface area contributed by atoms with Gasteiger partial charge in [0.15, 0.2) is 0 Å². The average molecular weight is 495 g/mol. The number of rotatable bonds is 7. The number of amides is 2. The summed E-state index contributed by atoms with van der Waals surface area (Å²) in [6, 6.07) is 16.7. The van der Waals surface area contributed by atoms with Gasteiger partial charge in [0.1, 0.15) is 16.8 Å². The van der Waals surface area contributed by atoms with E-state index < -0.39 is 32.7 Å². The summed E-state index contributed by atoms with van der Waals surface area (Å²) in [6.45, 7) is 0. The molecule has 0 saturated heterocycles. The third-order valence-corrected chi connectivity index (χ3v) is 6.28. The lowest BCUT2D eigenvalue weighted by Crippen LogP contribution is -2.45. The van der Waals surface area contributed by atoms with Crippen molar-refractivity contribution < 1.29 is 22.4 Å². The van der Waals surface area contributed by atoms with Crippen molar-refractivity contribution in [2.75, 3.05) is 5.32 Å². The van der Waals surface area contributed by atoms with Crippen molar-refractivity contribution in [1.29, 1.82) is 0 Å². The fourth-order valence-corrected chi connectivity index (χ4v) is 4.44. The van der Waals surface area contributed by atoms with Crippen LogP contribution in [-0.2, 0) is 20.3 Å². The summed E-state index contributed by atoms with van der Waals surface area (Å²) < 4.78 is 36.1. The van der Waals surface area contributed by atoms with E-state index in [4.69, 9.17) is 22.3 Å². The summed E-state index contributed by atoms with van der Waals surface area (Å²) in [6.07, 6.45) is 0.182. The zero-order chi connectivity index (χ0) is 23.3. The first-order valence-electron chi connectivity index (χ1n) is 9.29. The first-order valence-corrected chi connectivity index (χ1v) is 12.0. The van der Waals surface area contributed by atoms with Crippen molar-refractivity contribution in [3.8, 4) is 0 Å². The fraction of sp³-hybridized carbons (Fsp3) is 0.0909. The third kappa shape index (κ3) is 6.29. The first-order chi connectivity index (χ1) is 15.1. The van der Waals surface area contributed by atoms with E-state index in [1.54, 1.807) is 24.3 Å². The van der Waals surface area contributed by atoms with Gasteiger partial charge in [-0.25, -0.2) is 12.8 Å². The van der Waals surface area contributed by atoms with Crippen LogP contribution in [0.4, 0.5) is 10.1 Å². The average Bonchev–Trinajstić information content (AvgIpc) is 2.73. The van der Waals surface area contributed by atoms with Gasteiger partial charge in [-0.3, -0.25) is 9.59 Å². The molecule has 0 aliphatic carbocycles. The number of halogens is 3. The maximum Gasteiger partial charge on any atom is 0.262 e. The zero-order valence-electron chi connectivity index (χ0n) is 16.4. The molecule has 1 atom stereocenters. The van der Waals surface area contributed by atoms with E-state index in [-0.39, 0.29) is 27.6 Å². The third-order valence-electron chi connectivity index (χ3n) is 4.47. The first kappa shape index (κ1) is 23.7. The predicted octanol–water partition coefficient (Wildman–Crippen LogP) is 4.39. The van der Waals surface area contributed by atoms with Crippen LogP contribution in [0.2, 0.25) is 5.02 Å². The molecule has 0 spiro atoms. The van der Waals surface area contributed by atoms with Crippen molar-refractivity contribution in [2.24, 2.45) is 0 Å². The van der Waals surface area contributed by atoms with Gasteiger partial charge in [-0.1, -0.05) is 41.9 Å². The molecule has 6 nitrogen and oxygen atoms in total. The highest BCUT2D eigenvalue weighted by Crippen LogP contribution is 2.27. The number of anilines is 1. The van der Waals surface area contributed by atoms with E-state index in [0.29, 0.717) is 0 Å². The Kier molecular flexibility index (Phi) is 7.50. The van der Waals surface area contributed by atoms with Crippen molar-refractivity contribution in [3.05, 3.63) is 94.8 Å². The highest BCUT2D eigenvalue weighted by molar-refractivity contribution is 8.13. The van der Waals surface area contributed by atoms with Gasteiger partial charge in [0, 0.05) is 28.4 Å². The number of carbonyl (C=O) groups is 2. The summed E-state index contributed by atoms with van der Waals surface area (Å²) in [5, 5.41) is 5.10. The van der Waals surface area contributed by atoms with Crippen LogP contribution in [0.1, 0.15) is 15.9 Å². The van der Waals surface area contributed by atoms with Crippen LogP contribution in [0, 0.1) is 5.82 Å². The lowest BCUT2D eigenvalue weighted by atomic mass is 10.0. The predicted molar refractivity (Wildman–Crippen MR) is 121 cm³/mol. The molecule has 0 aliphatic heterocycles. The van der Waals surface area contributed by atoms with Gasteiger partial charge in [-0.05, 0) is 48.0 Å². The molecule has 166 valence electrons. The summed E-state index contributed by atoms with van der Waals surface area (Å²) in [4.78, 5) is 25.3. The van der Waals surface area contributed by atoms with Crippen molar-refractivity contribution in [3.63, 3.8) is 0 Å². The Morgan fingerprint density at radius 1 is 0.969 bits per heavy atom. The second-order valence-electron chi connectivity index (χ2n) is 6.79. The van der Waals surface area contributed by atoms with E-state index in [9.17, 15) is 22.4 Å². The highest BCUT2D eigenvalue weighted by atomic mass is 35.7. The minimum atomic E-state index is -4.04. The van der Waals surface area contributed by atoms with Crippen LogP contribution in [0.25, 0.3) is 0 Å². The molecule has 3 rings (SSSR count). The molecule has 3 aromatic rings. The zero-order valence-corrected chi connectivity index (χ0v) is 18.7. The molecule has 2 amide bonds. The maximum absolute atomic E-state index is 13.2. The van der Waals surface area contributed by atoms with Gasteiger partial charge in [0.2, 0.25) is 5.91 Å². The van der Waals surface area contributed by atoms with E-state index in [1.807, 2.05) is 6.07 Å². The van der Waals surface area contributed by atoms with Gasteiger partial charge in [0.05, 0.1) is 5.02 Å². The van der Waals surface area contributed by atoms with Crippen LogP contribution in [0.15, 0.2) is 77.7 Å². The Hall–Kier alpha value is -2.94. The lowest BCUT2D eigenvalue weighted by Gasteiger charge is -2.19. The second-order valence-corrected chi connectivity index (χ2v) is 9.74. The van der Waals surface area contributed by atoms with Gasteiger partial charge in [0.25, 0.3) is 15.0 Å². The number of hydrogen-bond donors (Lipinski definition) is 2. The lowest BCUT2D eigenvalue weighted by molar-refractivity contribution is -0.118. The van der Waals surface area contributed by atoms with Crippen molar-refractivity contribution >= 4 is 48.8 Å². The largest absolute Gasteiger partial charge is 0.340 e. The topological polar surface area (TPSA) is 92.3 Å². The Morgan fingerprint density at radius 3 is 2.22 bits per heavy atom. The molecule has 1 unspecified atom stereocenters. The normalized spacial score (nSPS) is 12.1. The smallest absolute Gasteiger partial charge is 0.262 e. The number of carbonyl (C=O) groups excluding carboxylic acids is 2. The molecule has 0 bridgehead atoms. The minimum Gasteiger partial charge on any atom is -0.340 e. The summed E-state index contributed by atoms with van der Waals surface area (Å²) in [7, 11) is 1.28. The van der Waals surface area contributed by atoms with Crippen LogP contribution >= 0.6 is 22.3 Å². The van der Waals surface area contributed by atoms with Gasteiger partial charge >= 0.3 is 0 Å². The molecule has 3 aromatic carbocycles. The van der Waals surface area contributed by atoms with E-state index >= 15 is 0 Å². The van der Waals surface area contributed by atoms with E-state index in [1.165, 1.54) is 30.3 Å². The molecular weight excluding hydrogens is 478 g/mol. The molecule has 0 aliphatic rings. The van der Waals surface area contributed by atoms with Crippen LogP contribution < -0.4 is 10.6 Å². The minimum absolute atomic E-state index is 0.159. The molecule has 0 heterocycles. The van der Waals surface area contributed by atoms with Gasteiger partial charge < -0.3 is 10.6 Å². The standard InChI is InChI=1S/C22H17Cl2FN2O4S/c23-18-13-17(10-11-20(18)32(24,30)31)26-22(29)19(12-14-4-2-1-3-5-14)27-21(28)15-6-8-16(25)9-7-15/h1-11,13,19H,12H2,(H,26,29)(H,27,28). The molecule has 0 aromatic heterocycles. The Balaban J connectivity index is 1.82. The number of hydrogen-bond acceptors (Lipinski definition) is 4. The fourth-order valence-electron chi connectivity index (χ4n) is 2.91. The number of nitrogens with one attached hydrogen (secondary N) is 2. The molecular formula is C22H17Cl2FN2O4S. The highest BCUT2D eigenvalue weighted by Gasteiger charge is 2.23. The van der Waals surface area contributed by atoms with Gasteiger partial charge in [-0.15, -0.1) is 0 Å². The summed E-state index contributed by atoms with van der Waals surface area (Å²) in [5.41, 5.74) is 1.21. The molecule has 32 heavy (non-hydrogen) atoms. The monoisotopic (exact) mass is 494 g/mol. The summed E-state index contributed by atoms with van der Waals surface area (Å²) in [5.74, 6) is -1.59.